The summed E-state index contributed by atoms with van der Waals surface area (Å²) in [4.78, 5) is 4.36. The number of nitrogen functional groups attached to an aromatic ring is 1. The van der Waals surface area contributed by atoms with E-state index in [2.05, 4.69) is 10.1 Å². The van der Waals surface area contributed by atoms with E-state index in [1.807, 2.05) is 0 Å². The van der Waals surface area contributed by atoms with Crippen molar-refractivity contribution in [3.63, 3.8) is 0 Å². The molecule has 1 aromatic carbocycles. The van der Waals surface area contributed by atoms with E-state index >= 15 is 0 Å². The van der Waals surface area contributed by atoms with Crippen LogP contribution >= 0.6 is 23.2 Å². The lowest BCUT2D eigenvalue weighted by molar-refractivity contribution is 0.192. The Morgan fingerprint density at radius 1 is 1.26 bits per heavy atom. The molecule has 1 aromatic heterocycles. The van der Waals surface area contributed by atoms with Crippen molar-refractivity contribution in [2.45, 2.75) is 12.3 Å². The molecule has 3 rings (SSSR count). The summed E-state index contributed by atoms with van der Waals surface area (Å²) in [6.07, 6.45) is 0.905. The molecule has 2 N–H and O–H groups in total. The van der Waals surface area contributed by atoms with Gasteiger partial charge in [-0.25, -0.2) is 0 Å². The Morgan fingerprint density at radius 3 is 2.63 bits per heavy atom. The van der Waals surface area contributed by atoms with Gasteiger partial charge in [0.05, 0.1) is 22.3 Å². The average Bonchev–Trinajstić information content (AvgIpc) is 3.05. The van der Waals surface area contributed by atoms with Gasteiger partial charge in [0, 0.05) is 18.1 Å². The predicted molar refractivity (Wildman–Crippen MR) is 72.3 cm³/mol. The summed E-state index contributed by atoms with van der Waals surface area (Å²) >= 11 is 12.0. The molecule has 0 aliphatic carbocycles. The molecule has 1 aliphatic rings. The van der Waals surface area contributed by atoms with E-state index in [-0.39, 0.29) is 5.92 Å². The van der Waals surface area contributed by atoms with E-state index in [4.69, 9.17) is 38.2 Å². The van der Waals surface area contributed by atoms with E-state index in [9.17, 15) is 0 Å². The maximum atomic E-state index is 5.98. The van der Waals surface area contributed by atoms with Crippen LogP contribution in [0.5, 0.6) is 0 Å². The summed E-state index contributed by atoms with van der Waals surface area (Å²) in [5.41, 5.74) is 6.68. The molecular formula is C12H11Cl2N3O2. The zero-order valence-electron chi connectivity index (χ0n) is 9.90. The molecule has 0 spiro atoms. The SMILES string of the molecule is Nc1c(Cl)cc(-c2nc(C3CCOC3)no2)cc1Cl. The highest BCUT2D eigenvalue weighted by atomic mass is 35.5. The molecule has 7 heteroatoms. The predicted octanol–water partition coefficient (Wildman–Crippen LogP) is 3.13. The lowest BCUT2D eigenvalue weighted by Crippen LogP contribution is -1.99. The number of nitrogens with two attached hydrogens (primary N) is 1. The third-order valence-corrected chi connectivity index (χ3v) is 3.69. The number of hydrogen-bond acceptors (Lipinski definition) is 5. The Morgan fingerprint density at radius 2 is 2.00 bits per heavy atom. The van der Waals surface area contributed by atoms with Gasteiger partial charge in [0.2, 0.25) is 0 Å². The first kappa shape index (κ1) is 12.7. The first-order valence-corrected chi connectivity index (χ1v) is 6.57. The van der Waals surface area contributed by atoms with E-state index in [0.29, 0.717) is 39.6 Å². The number of benzene rings is 1. The van der Waals surface area contributed by atoms with Crippen LogP contribution < -0.4 is 5.73 Å². The quantitative estimate of drug-likeness (QED) is 0.862. The van der Waals surface area contributed by atoms with Crippen LogP contribution in [0, 0.1) is 0 Å². The minimum absolute atomic E-state index is 0.192. The maximum absolute atomic E-state index is 5.98. The molecule has 0 saturated carbocycles. The molecular weight excluding hydrogens is 289 g/mol. The number of nitrogens with zero attached hydrogens (tertiary/aromatic N) is 2. The fraction of sp³-hybridized carbons (Fsp3) is 0.333. The smallest absolute Gasteiger partial charge is 0.258 e. The Bertz CT molecular complexity index is 586. The minimum atomic E-state index is 0.192. The molecule has 2 aromatic rings. The van der Waals surface area contributed by atoms with Crippen molar-refractivity contribution in [2.24, 2.45) is 0 Å². The number of aromatic nitrogens is 2. The molecule has 5 nitrogen and oxygen atoms in total. The Balaban J connectivity index is 1.94. The average molecular weight is 300 g/mol. The van der Waals surface area contributed by atoms with Gasteiger partial charge in [-0.3, -0.25) is 0 Å². The fourth-order valence-electron chi connectivity index (χ4n) is 1.96. The lowest BCUT2D eigenvalue weighted by Gasteiger charge is -2.02. The third-order valence-electron chi connectivity index (χ3n) is 3.06. The van der Waals surface area contributed by atoms with Gasteiger partial charge in [-0.1, -0.05) is 28.4 Å². The molecule has 1 fully saturated rings. The molecule has 100 valence electrons. The lowest BCUT2D eigenvalue weighted by atomic mass is 10.1. The van der Waals surface area contributed by atoms with Crippen molar-refractivity contribution in [1.29, 1.82) is 0 Å². The normalized spacial score (nSPS) is 18.9. The Labute approximate surface area is 119 Å². The largest absolute Gasteiger partial charge is 0.396 e. The molecule has 2 heterocycles. The minimum Gasteiger partial charge on any atom is -0.396 e. The molecule has 0 bridgehead atoms. The fourth-order valence-corrected chi connectivity index (χ4v) is 2.45. The second kappa shape index (κ2) is 5.00. The number of anilines is 1. The molecule has 1 atom stereocenters. The van der Waals surface area contributed by atoms with Gasteiger partial charge < -0.3 is 15.0 Å². The van der Waals surface area contributed by atoms with Crippen molar-refractivity contribution in [3.05, 3.63) is 28.0 Å². The van der Waals surface area contributed by atoms with Crippen molar-refractivity contribution in [2.75, 3.05) is 18.9 Å². The zero-order chi connectivity index (χ0) is 13.4. The molecule has 0 amide bonds. The van der Waals surface area contributed by atoms with Crippen LogP contribution in [0.4, 0.5) is 5.69 Å². The van der Waals surface area contributed by atoms with Crippen molar-refractivity contribution in [3.8, 4) is 11.5 Å². The Kier molecular flexibility index (Phi) is 3.35. The van der Waals surface area contributed by atoms with Crippen LogP contribution in [0.25, 0.3) is 11.5 Å². The van der Waals surface area contributed by atoms with Gasteiger partial charge in [0.1, 0.15) is 0 Å². The zero-order valence-corrected chi connectivity index (χ0v) is 11.4. The van der Waals surface area contributed by atoms with Gasteiger partial charge in [-0.2, -0.15) is 4.98 Å². The highest BCUT2D eigenvalue weighted by molar-refractivity contribution is 6.39. The van der Waals surface area contributed by atoms with Gasteiger partial charge >= 0.3 is 0 Å². The van der Waals surface area contributed by atoms with E-state index < -0.39 is 0 Å². The van der Waals surface area contributed by atoms with E-state index in [1.54, 1.807) is 12.1 Å². The first-order valence-electron chi connectivity index (χ1n) is 5.81. The Hall–Kier alpha value is -1.30. The maximum Gasteiger partial charge on any atom is 0.258 e. The summed E-state index contributed by atoms with van der Waals surface area (Å²) in [5.74, 6) is 1.22. The summed E-state index contributed by atoms with van der Waals surface area (Å²) < 4.78 is 10.5. The topological polar surface area (TPSA) is 74.2 Å². The van der Waals surface area contributed by atoms with E-state index in [0.717, 1.165) is 13.0 Å². The second-order valence-electron chi connectivity index (χ2n) is 4.37. The highest BCUT2D eigenvalue weighted by Crippen LogP contribution is 2.33. The summed E-state index contributed by atoms with van der Waals surface area (Å²) in [5, 5.41) is 4.71. The van der Waals surface area contributed by atoms with Crippen LogP contribution in [0.15, 0.2) is 16.7 Å². The number of halogens is 2. The summed E-state index contributed by atoms with van der Waals surface area (Å²) in [6.45, 7) is 1.36. The second-order valence-corrected chi connectivity index (χ2v) is 5.19. The molecule has 1 saturated heterocycles. The highest BCUT2D eigenvalue weighted by Gasteiger charge is 2.23. The van der Waals surface area contributed by atoms with Crippen LogP contribution in [0.3, 0.4) is 0 Å². The van der Waals surface area contributed by atoms with Crippen LogP contribution in [-0.4, -0.2) is 23.4 Å². The van der Waals surface area contributed by atoms with E-state index in [1.165, 1.54) is 0 Å². The van der Waals surface area contributed by atoms with Crippen LogP contribution in [0.2, 0.25) is 10.0 Å². The van der Waals surface area contributed by atoms with Crippen molar-refractivity contribution >= 4 is 28.9 Å². The molecule has 1 unspecified atom stereocenters. The van der Waals surface area contributed by atoms with Gasteiger partial charge in [0.25, 0.3) is 5.89 Å². The van der Waals surface area contributed by atoms with Crippen LogP contribution in [0.1, 0.15) is 18.2 Å². The molecule has 1 aliphatic heterocycles. The first-order chi connectivity index (χ1) is 9.15. The monoisotopic (exact) mass is 299 g/mol. The molecule has 0 radical (unpaired) electrons. The van der Waals surface area contributed by atoms with Crippen molar-refractivity contribution in [1.82, 2.24) is 10.1 Å². The van der Waals surface area contributed by atoms with Gasteiger partial charge in [-0.05, 0) is 18.6 Å². The summed E-state index contributed by atoms with van der Waals surface area (Å²) in [7, 11) is 0. The van der Waals surface area contributed by atoms with Crippen molar-refractivity contribution < 1.29 is 9.26 Å². The number of ether oxygens (including phenoxy) is 1. The molecule has 19 heavy (non-hydrogen) atoms. The standard InChI is InChI=1S/C12H11Cl2N3O2/c13-8-3-7(4-9(14)10(8)15)12-16-11(17-19-12)6-1-2-18-5-6/h3-4,6H,1-2,5,15H2. The number of rotatable bonds is 2. The third kappa shape index (κ3) is 2.41. The van der Waals surface area contributed by atoms with Gasteiger partial charge in [0.15, 0.2) is 5.82 Å². The van der Waals surface area contributed by atoms with Gasteiger partial charge in [-0.15, -0.1) is 0 Å². The van der Waals surface area contributed by atoms with Crippen LogP contribution in [-0.2, 0) is 4.74 Å². The number of hydrogen-bond donors (Lipinski definition) is 1. The summed E-state index contributed by atoms with van der Waals surface area (Å²) in [6, 6.07) is 3.32.